The summed E-state index contributed by atoms with van der Waals surface area (Å²) in [6.07, 6.45) is 1.47. The maximum absolute atomic E-state index is 13.9. The Morgan fingerprint density at radius 2 is 1.86 bits per heavy atom. The third-order valence-electron chi connectivity index (χ3n) is 2.80. The summed E-state index contributed by atoms with van der Waals surface area (Å²) >= 11 is 6.40. The summed E-state index contributed by atoms with van der Waals surface area (Å²) in [5.41, 5.74) is 0.640. The molecule has 2 rings (SSSR count). The predicted octanol–water partition coefficient (Wildman–Crippen LogP) is 3.80. The van der Waals surface area contributed by atoms with E-state index in [9.17, 15) is 13.6 Å². The van der Waals surface area contributed by atoms with Gasteiger partial charge in [-0.3, -0.25) is 14.7 Å². The normalized spacial score (nSPS) is 11.4. The number of benzene rings is 2. The van der Waals surface area contributed by atoms with Crippen LogP contribution in [0, 0.1) is 11.6 Å². The first-order valence-electron chi connectivity index (χ1n) is 6.10. The van der Waals surface area contributed by atoms with Crippen LogP contribution >= 0.6 is 23.7 Å². The fraction of sp³-hybridized carbons (Fsp3) is 0. The molecule has 0 spiro atoms. The third-order valence-corrected chi connectivity index (χ3v) is 3.35. The Labute approximate surface area is 135 Å². The second-order valence-electron chi connectivity index (χ2n) is 4.28. The van der Waals surface area contributed by atoms with Gasteiger partial charge >= 0.3 is 0 Å². The number of rotatable bonds is 4. The Kier molecular flexibility index (Phi) is 5.54. The highest BCUT2D eigenvalue weighted by molar-refractivity contribution is 7.95. The average Bonchev–Trinajstić information content (AvgIpc) is 2.48. The zero-order valence-corrected chi connectivity index (χ0v) is 12.7. The van der Waals surface area contributed by atoms with Gasteiger partial charge in [-0.2, -0.15) is 0 Å². The van der Waals surface area contributed by atoms with Crippen LogP contribution in [0.5, 0.6) is 0 Å². The van der Waals surface area contributed by atoms with E-state index < -0.39 is 17.5 Å². The first-order valence-corrected chi connectivity index (χ1v) is 7.36. The van der Waals surface area contributed by atoms with E-state index in [1.54, 1.807) is 24.3 Å². The van der Waals surface area contributed by atoms with Crippen LogP contribution < -0.4 is 9.86 Å². The van der Waals surface area contributed by atoms with Gasteiger partial charge in [-0.05, 0) is 35.9 Å². The number of nitrogens with one attached hydrogen (secondary N) is 1. The highest BCUT2D eigenvalue weighted by Crippen LogP contribution is 2.23. The molecule has 0 aromatic heterocycles. The van der Waals surface area contributed by atoms with E-state index in [4.69, 9.17) is 16.7 Å². The molecule has 0 bridgehead atoms. The average molecular weight is 341 g/mol. The Bertz CT molecular complexity index is 720. The summed E-state index contributed by atoms with van der Waals surface area (Å²) in [5, 5.41) is 5.74. The van der Waals surface area contributed by atoms with E-state index in [0.29, 0.717) is 28.8 Å². The fourth-order valence-corrected chi connectivity index (χ4v) is 2.15. The number of nitrogens with two attached hydrogens (primary N) is 1. The van der Waals surface area contributed by atoms with Gasteiger partial charge in [0.2, 0.25) is 0 Å². The van der Waals surface area contributed by atoms with Gasteiger partial charge in [-0.15, -0.1) is 0 Å². The number of hydrogen-bond acceptors (Lipinski definition) is 3. The van der Waals surface area contributed by atoms with Gasteiger partial charge in [0.1, 0.15) is 11.6 Å². The molecular weight excluding hydrogens is 330 g/mol. The topological polar surface area (TPSA) is 55.1 Å². The molecule has 114 valence electrons. The van der Waals surface area contributed by atoms with Crippen molar-refractivity contribution in [1.29, 1.82) is 0 Å². The fourth-order valence-electron chi connectivity index (χ4n) is 1.81. The Morgan fingerprint density at radius 3 is 2.45 bits per heavy atom. The molecule has 0 aliphatic heterocycles. The molecule has 1 amide bonds. The number of carbonyl (C=O) groups excluding carboxylic acids is 1. The van der Waals surface area contributed by atoms with Crippen LogP contribution in [0.4, 0.5) is 8.78 Å². The minimum absolute atomic E-state index is 0.0251. The molecular formula is C15H11ClF2N2OS. The van der Waals surface area contributed by atoms with E-state index in [0.717, 1.165) is 6.07 Å². The van der Waals surface area contributed by atoms with Gasteiger partial charge in [0.25, 0.3) is 5.91 Å². The molecule has 7 heteroatoms. The zero-order valence-electron chi connectivity index (χ0n) is 11.1. The van der Waals surface area contributed by atoms with Crippen LogP contribution in [0.3, 0.4) is 0 Å². The summed E-state index contributed by atoms with van der Waals surface area (Å²) in [6, 6.07) is 9.63. The monoisotopic (exact) mass is 340 g/mol. The summed E-state index contributed by atoms with van der Waals surface area (Å²) in [4.78, 5) is 12.1. The van der Waals surface area contributed by atoms with Crippen molar-refractivity contribution >= 4 is 41.3 Å². The first-order chi connectivity index (χ1) is 10.5. The van der Waals surface area contributed by atoms with Crippen LogP contribution in [-0.4, -0.2) is 5.91 Å². The van der Waals surface area contributed by atoms with E-state index in [1.165, 1.54) is 12.1 Å². The third kappa shape index (κ3) is 4.07. The lowest BCUT2D eigenvalue weighted by atomic mass is 10.0. The van der Waals surface area contributed by atoms with Crippen LogP contribution in [-0.2, 0) is 4.79 Å². The molecule has 0 heterocycles. The van der Waals surface area contributed by atoms with Crippen LogP contribution in [0.1, 0.15) is 11.1 Å². The molecule has 0 atom stereocenters. The second kappa shape index (κ2) is 7.40. The van der Waals surface area contributed by atoms with Crippen molar-refractivity contribution in [1.82, 2.24) is 4.72 Å². The van der Waals surface area contributed by atoms with Crippen molar-refractivity contribution < 1.29 is 13.6 Å². The molecule has 0 saturated carbocycles. The molecule has 2 aromatic carbocycles. The first kappa shape index (κ1) is 16.5. The number of halogens is 3. The molecule has 0 aliphatic rings. The van der Waals surface area contributed by atoms with Crippen molar-refractivity contribution in [2.45, 2.75) is 0 Å². The van der Waals surface area contributed by atoms with Crippen molar-refractivity contribution in [3.63, 3.8) is 0 Å². The molecule has 22 heavy (non-hydrogen) atoms. The summed E-state index contributed by atoms with van der Waals surface area (Å²) < 4.78 is 29.3. The molecule has 0 unspecified atom stereocenters. The maximum atomic E-state index is 13.9. The summed E-state index contributed by atoms with van der Waals surface area (Å²) in [5.74, 6) is -2.15. The number of carbonyl (C=O) groups is 1. The van der Waals surface area contributed by atoms with Gasteiger partial charge in [0.15, 0.2) is 0 Å². The molecule has 2 aromatic rings. The SMILES string of the molecule is NSNC(=O)/C(=C/c1ccc(Cl)cc1)c1ccc(F)cc1F. The summed E-state index contributed by atoms with van der Waals surface area (Å²) in [6.45, 7) is 0. The van der Waals surface area contributed by atoms with Crippen molar-refractivity contribution in [2.24, 2.45) is 5.14 Å². The predicted molar refractivity (Wildman–Crippen MR) is 85.6 cm³/mol. The van der Waals surface area contributed by atoms with Gasteiger partial charge in [-0.25, -0.2) is 8.78 Å². The lowest BCUT2D eigenvalue weighted by Crippen LogP contribution is -2.19. The lowest BCUT2D eigenvalue weighted by Gasteiger charge is -2.09. The quantitative estimate of drug-likeness (QED) is 0.505. The number of hydrogen-bond donors (Lipinski definition) is 2. The molecule has 0 fully saturated rings. The van der Waals surface area contributed by atoms with Gasteiger partial charge in [0, 0.05) is 28.8 Å². The lowest BCUT2D eigenvalue weighted by molar-refractivity contribution is -0.113. The Balaban J connectivity index is 2.51. The molecule has 3 N–H and O–H groups in total. The molecule has 0 aliphatic carbocycles. The Morgan fingerprint density at radius 1 is 1.18 bits per heavy atom. The zero-order chi connectivity index (χ0) is 16.1. The van der Waals surface area contributed by atoms with Crippen LogP contribution in [0.15, 0.2) is 42.5 Å². The van der Waals surface area contributed by atoms with Crippen LogP contribution in [0.2, 0.25) is 5.02 Å². The van der Waals surface area contributed by atoms with Gasteiger partial charge < -0.3 is 0 Å². The highest BCUT2D eigenvalue weighted by Gasteiger charge is 2.16. The molecule has 0 radical (unpaired) electrons. The molecule has 0 saturated heterocycles. The minimum atomic E-state index is -0.836. The van der Waals surface area contributed by atoms with E-state index in [2.05, 4.69) is 4.72 Å². The van der Waals surface area contributed by atoms with Crippen molar-refractivity contribution in [3.05, 3.63) is 70.2 Å². The standard InChI is InChI=1S/C15H11ClF2N2OS/c16-10-3-1-9(2-4-10)7-13(15(21)20-22-19)12-6-5-11(17)8-14(12)18/h1-8H,19H2,(H,20,21)/b13-7+. The van der Waals surface area contributed by atoms with E-state index in [1.807, 2.05) is 0 Å². The summed E-state index contributed by atoms with van der Waals surface area (Å²) in [7, 11) is 0. The Hall–Kier alpha value is -1.89. The van der Waals surface area contributed by atoms with Crippen molar-refractivity contribution in [3.8, 4) is 0 Å². The van der Waals surface area contributed by atoms with Gasteiger partial charge in [0.05, 0.1) is 5.57 Å². The van der Waals surface area contributed by atoms with Crippen LogP contribution in [0.25, 0.3) is 11.6 Å². The number of amides is 1. The van der Waals surface area contributed by atoms with E-state index >= 15 is 0 Å². The van der Waals surface area contributed by atoms with E-state index in [-0.39, 0.29) is 11.1 Å². The smallest absolute Gasteiger partial charge is 0.262 e. The molecule has 3 nitrogen and oxygen atoms in total. The van der Waals surface area contributed by atoms with Gasteiger partial charge in [-0.1, -0.05) is 23.7 Å². The van der Waals surface area contributed by atoms with Crippen molar-refractivity contribution in [2.75, 3.05) is 0 Å². The second-order valence-corrected chi connectivity index (χ2v) is 5.16. The highest BCUT2D eigenvalue weighted by atomic mass is 35.5. The maximum Gasteiger partial charge on any atom is 0.262 e. The largest absolute Gasteiger partial charge is 0.283 e. The minimum Gasteiger partial charge on any atom is -0.283 e.